The molecule has 0 radical (unpaired) electrons. The first kappa shape index (κ1) is 20.0. The van der Waals surface area contributed by atoms with Crippen LogP contribution >= 0.6 is 11.8 Å². The van der Waals surface area contributed by atoms with Crippen LogP contribution in [0, 0.1) is 12.1 Å². The third kappa shape index (κ3) is 3.91. The van der Waals surface area contributed by atoms with Crippen LogP contribution < -0.4 is 9.64 Å². The molecule has 1 amide bonds. The molecule has 0 spiro atoms. The first-order valence-electron chi connectivity index (χ1n) is 8.79. The highest BCUT2D eigenvalue weighted by Crippen LogP contribution is 2.36. The Hall–Kier alpha value is -3.25. The molecule has 3 aromatic rings. The number of carbonyl (C=O) groups is 1. The predicted octanol–water partition coefficient (Wildman–Crippen LogP) is 4.57. The fraction of sp³-hybridized carbons (Fsp3) is 0.190. The minimum absolute atomic E-state index is 0.121. The Labute approximate surface area is 174 Å². The van der Waals surface area contributed by atoms with Crippen LogP contribution in [0.5, 0.6) is 5.75 Å². The van der Waals surface area contributed by atoms with Crippen molar-refractivity contribution in [1.29, 1.82) is 0 Å². The van der Waals surface area contributed by atoms with Crippen molar-refractivity contribution in [2.45, 2.75) is 17.6 Å². The summed E-state index contributed by atoms with van der Waals surface area (Å²) in [7, 11) is 0. The van der Waals surface area contributed by atoms with E-state index in [-0.39, 0.29) is 18.2 Å². The molecule has 2 aromatic heterocycles. The molecule has 30 heavy (non-hydrogen) atoms. The molecule has 1 aromatic carbocycles. The van der Waals surface area contributed by atoms with Gasteiger partial charge in [0, 0.05) is 28.4 Å². The quantitative estimate of drug-likeness (QED) is 0.557. The van der Waals surface area contributed by atoms with E-state index < -0.39 is 12.8 Å². The van der Waals surface area contributed by atoms with Crippen molar-refractivity contribution in [2.75, 3.05) is 17.8 Å². The average Bonchev–Trinajstić information content (AvgIpc) is 3.09. The van der Waals surface area contributed by atoms with Gasteiger partial charge in [0.1, 0.15) is 5.82 Å². The second-order valence-corrected chi connectivity index (χ2v) is 7.26. The van der Waals surface area contributed by atoms with Crippen LogP contribution in [0.1, 0.15) is 15.9 Å². The smallest absolute Gasteiger partial charge is 0.422 e. The highest BCUT2D eigenvalue weighted by atomic mass is 32.2. The number of thioether (sulfide) groups is 1. The lowest BCUT2D eigenvalue weighted by Gasteiger charge is -2.15. The van der Waals surface area contributed by atoms with Gasteiger partial charge in [0.25, 0.3) is 5.91 Å². The monoisotopic (exact) mass is 429 g/mol. The van der Waals surface area contributed by atoms with Gasteiger partial charge in [-0.1, -0.05) is 6.07 Å². The first-order valence-corrected chi connectivity index (χ1v) is 10.0. The number of amides is 1. The van der Waals surface area contributed by atoms with Crippen molar-refractivity contribution < 1.29 is 22.7 Å². The van der Waals surface area contributed by atoms with Gasteiger partial charge in [-0.2, -0.15) is 13.2 Å². The number of nitrogens with zero attached hydrogens (tertiary/aromatic N) is 3. The zero-order chi connectivity index (χ0) is 21.3. The van der Waals surface area contributed by atoms with E-state index in [0.717, 1.165) is 4.90 Å². The fourth-order valence-corrected chi connectivity index (χ4v) is 3.49. The number of alkyl halides is 3. The van der Waals surface area contributed by atoms with Crippen molar-refractivity contribution >= 4 is 23.5 Å². The maximum Gasteiger partial charge on any atom is 0.422 e. The van der Waals surface area contributed by atoms with Gasteiger partial charge in [-0.05, 0) is 42.7 Å². The SMILES string of the molecule is CSc1ccc(N2Cc3c(ccnc3-c3ccc#cc3OCC(F)(F)F)C2=O)nc1. The van der Waals surface area contributed by atoms with Crippen LogP contribution in [0.2, 0.25) is 0 Å². The number of carbonyl (C=O) groups excluding carboxylic acids is 1. The number of halogens is 3. The highest BCUT2D eigenvalue weighted by Gasteiger charge is 2.33. The number of ether oxygens (including phenoxy) is 1. The van der Waals surface area contributed by atoms with Gasteiger partial charge in [0.05, 0.1) is 17.8 Å². The van der Waals surface area contributed by atoms with Crippen LogP contribution in [0.25, 0.3) is 11.3 Å². The number of pyridine rings is 2. The summed E-state index contributed by atoms with van der Waals surface area (Å²) in [6.07, 6.45) is 0.567. The summed E-state index contributed by atoms with van der Waals surface area (Å²) in [5.74, 6) is 0.118. The average molecular weight is 429 g/mol. The van der Waals surface area contributed by atoms with Crippen LogP contribution in [-0.2, 0) is 6.54 Å². The minimum Gasteiger partial charge on any atom is -0.475 e. The van der Waals surface area contributed by atoms with Crippen molar-refractivity contribution in [1.82, 2.24) is 9.97 Å². The molecule has 0 saturated carbocycles. The number of aromatic nitrogens is 2. The van der Waals surface area contributed by atoms with E-state index >= 15 is 0 Å². The number of hydrogen-bond donors (Lipinski definition) is 0. The Morgan fingerprint density at radius 2 is 2.03 bits per heavy atom. The highest BCUT2D eigenvalue weighted by molar-refractivity contribution is 7.98. The molecule has 0 N–H and O–H groups in total. The summed E-state index contributed by atoms with van der Waals surface area (Å²) < 4.78 is 42.8. The zero-order valence-corrected chi connectivity index (χ0v) is 16.5. The summed E-state index contributed by atoms with van der Waals surface area (Å²) in [6.45, 7) is -1.26. The van der Waals surface area contributed by atoms with Crippen LogP contribution in [0.4, 0.5) is 19.0 Å². The Balaban J connectivity index is 1.70. The minimum atomic E-state index is -4.49. The lowest BCUT2D eigenvalue weighted by Crippen LogP contribution is -2.23. The number of fused-ring (bicyclic) bond motifs is 1. The maximum absolute atomic E-state index is 12.9. The van der Waals surface area contributed by atoms with Gasteiger partial charge in [0.15, 0.2) is 12.4 Å². The molecule has 0 aliphatic carbocycles. The largest absolute Gasteiger partial charge is 0.475 e. The van der Waals surface area contributed by atoms with E-state index in [1.807, 2.05) is 12.3 Å². The molecule has 5 nitrogen and oxygen atoms in total. The normalized spacial score (nSPS) is 13.2. The third-order valence-electron chi connectivity index (χ3n) is 4.48. The molecule has 3 heterocycles. The van der Waals surface area contributed by atoms with E-state index in [1.54, 1.807) is 24.4 Å². The molecular weight excluding hydrogens is 415 g/mol. The van der Waals surface area contributed by atoms with E-state index in [0.29, 0.717) is 28.2 Å². The summed E-state index contributed by atoms with van der Waals surface area (Å²) >= 11 is 1.54. The summed E-state index contributed by atoms with van der Waals surface area (Å²) in [5.41, 5.74) is 1.70. The molecule has 4 rings (SSSR count). The summed E-state index contributed by atoms with van der Waals surface area (Å²) in [4.78, 5) is 24.1. The van der Waals surface area contributed by atoms with E-state index in [1.165, 1.54) is 28.9 Å². The molecule has 9 heteroatoms. The van der Waals surface area contributed by atoms with Crippen molar-refractivity contribution in [3.8, 4) is 17.0 Å². The fourth-order valence-electron chi connectivity index (χ4n) is 3.13. The predicted molar refractivity (Wildman–Crippen MR) is 105 cm³/mol. The van der Waals surface area contributed by atoms with Gasteiger partial charge < -0.3 is 4.74 Å². The Bertz CT molecular complexity index is 1090. The van der Waals surface area contributed by atoms with E-state index in [4.69, 9.17) is 4.74 Å². The molecule has 152 valence electrons. The molecule has 0 unspecified atom stereocenters. The molecule has 0 fully saturated rings. The van der Waals surface area contributed by atoms with Crippen LogP contribution in [0.3, 0.4) is 0 Å². The Kier molecular flexibility index (Phi) is 5.26. The molecule has 1 aliphatic rings. The number of anilines is 1. The number of rotatable bonds is 5. The van der Waals surface area contributed by atoms with Crippen LogP contribution in [0.15, 0.2) is 47.6 Å². The van der Waals surface area contributed by atoms with Crippen molar-refractivity contribution in [3.63, 3.8) is 0 Å². The summed E-state index contributed by atoms with van der Waals surface area (Å²) in [5, 5.41) is 0. The zero-order valence-electron chi connectivity index (χ0n) is 15.7. The standard InChI is InChI=1S/C21H14F3N3O2S/c1-30-13-6-7-18(26-10-13)27-11-16-14(20(27)28)8-9-25-19(16)15-4-2-3-5-17(15)29-12-21(22,23)24/h2,4,6-10H,11-12H2,1H3. The summed E-state index contributed by atoms with van der Waals surface area (Å²) in [6, 6.07) is 13.4. The Morgan fingerprint density at radius 3 is 2.73 bits per heavy atom. The molecule has 0 bridgehead atoms. The van der Waals surface area contributed by atoms with Crippen molar-refractivity contribution in [2.24, 2.45) is 0 Å². The lowest BCUT2D eigenvalue weighted by atomic mass is 10.0. The number of hydrogen-bond acceptors (Lipinski definition) is 5. The van der Waals surface area contributed by atoms with E-state index in [2.05, 4.69) is 22.1 Å². The van der Waals surface area contributed by atoms with Gasteiger partial charge >= 0.3 is 6.18 Å². The van der Waals surface area contributed by atoms with Gasteiger partial charge in [-0.3, -0.25) is 14.7 Å². The Morgan fingerprint density at radius 1 is 1.20 bits per heavy atom. The molecular formula is C21H14F3N3O2S. The molecule has 0 saturated heterocycles. The molecule has 0 atom stereocenters. The molecule has 1 aliphatic heterocycles. The van der Waals surface area contributed by atoms with Gasteiger partial charge in [0.2, 0.25) is 0 Å². The van der Waals surface area contributed by atoms with Crippen LogP contribution in [-0.4, -0.2) is 34.9 Å². The van der Waals surface area contributed by atoms with Gasteiger partial charge in [-0.25, -0.2) is 4.98 Å². The lowest BCUT2D eigenvalue weighted by molar-refractivity contribution is -0.153. The third-order valence-corrected chi connectivity index (χ3v) is 5.19. The maximum atomic E-state index is 12.9. The van der Waals surface area contributed by atoms with Crippen molar-refractivity contribution in [3.05, 3.63) is 66.0 Å². The first-order chi connectivity index (χ1) is 14.4. The van der Waals surface area contributed by atoms with E-state index in [9.17, 15) is 18.0 Å². The van der Waals surface area contributed by atoms with Gasteiger partial charge in [-0.15, -0.1) is 11.8 Å². The topological polar surface area (TPSA) is 55.3 Å². The second-order valence-electron chi connectivity index (χ2n) is 6.38. The second kappa shape index (κ2) is 7.88.